The van der Waals surface area contributed by atoms with Crippen molar-refractivity contribution in [3.8, 4) is 0 Å². The second-order valence-corrected chi connectivity index (χ2v) is 9.23. The van der Waals surface area contributed by atoms with E-state index in [1.807, 2.05) is 0 Å². The van der Waals surface area contributed by atoms with Gasteiger partial charge in [-0.1, -0.05) is 0 Å². The first-order chi connectivity index (χ1) is 15.7. The fourth-order valence-corrected chi connectivity index (χ4v) is 4.22. The molecule has 1 aliphatic carbocycles. The van der Waals surface area contributed by atoms with Gasteiger partial charge in [-0.3, -0.25) is 13.7 Å². The topological polar surface area (TPSA) is 175 Å². The molecule has 0 aromatic carbocycles. The lowest BCUT2D eigenvalue weighted by atomic mass is 10.1. The minimum atomic E-state index is -4.10. The van der Waals surface area contributed by atoms with Gasteiger partial charge in [-0.15, -0.1) is 0 Å². The first kappa shape index (κ1) is 23.3. The summed E-state index contributed by atoms with van der Waals surface area (Å²) in [4.78, 5) is 21.2. The van der Waals surface area contributed by atoms with Crippen molar-refractivity contribution in [1.82, 2.24) is 19.7 Å². The van der Waals surface area contributed by atoms with Crippen LogP contribution in [0.1, 0.15) is 34.7 Å². The molecule has 4 rings (SSSR count). The number of ketones is 1. The lowest BCUT2D eigenvalue weighted by molar-refractivity contribution is 0.101. The highest BCUT2D eigenvalue weighted by atomic mass is 35.5. The van der Waals surface area contributed by atoms with Crippen molar-refractivity contribution >= 4 is 33.5 Å². The molecule has 1 fully saturated rings. The summed E-state index contributed by atoms with van der Waals surface area (Å²) in [5.41, 5.74) is 0.402. The number of nitrogens with one attached hydrogen (secondary N) is 1. The monoisotopic (exact) mass is 496 g/mol. The van der Waals surface area contributed by atoms with E-state index in [9.17, 15) is 18.3 Å². The van der Waals surface area contributed by atoms with Crippen molar-refractivity contribution in [1.29, 1.82) is 0 Å². The number of carbonyl (C=O) groups excluding carboxylic acids is 1. The van der Waals surface area contributed by atoms with Gasteiger partial charge in [-0.2, -0.15) is 13.5 Å². The van der Waals surface area contributed by atoms with Crippen LogP contribution in [0, 0.1) is 5.92 Å². The highest BCUT2D eigenvalue weighted by Gasteiger charge is 2.34. The van der Waals surface area contributed by atoms with E-state index in [1.54, 1.807) is 29.1 Å². The molecule has 0 aliphatic heterocycles. The minimum Gasteiger partial charge on any atom is -0.448 e. The van der Waals surface area contributed by atoms with Crippen molar-refractivity contribution in [2.24, 2.45) is 11.1 Å². The molecular weight excluding hydrogens is 476 g/mol. The number of carbonyl (C=O) groups is 1. The summed E-state index contributed by atoms with van der Waals surface area (Å²) in [6.45, 7) is 0.0738. The number of furan rings is 1. The fraction of sp³-hybridized carbons (Fsp3) is 0.368. The van der Waals surface area contributed by atoms with Gasteiger partial charge in [-0.05, 0) is 42.6 Å². The molecule has 0 amide bonds. The van der Waals surface area contributed by atoms with Crippen LogP contribution in [0.3, 0.4) is 0 Å². The van der Waals surface area contributed by atoms with Crippen molar-refractivity contribution in [2.75, 3.05) is 11.9 Å². The Morgan fingerprint density at radius 2 is 2.18 bits per heavy atom. The van der Waals surface area contributed by atoms with Crippen LogP contribution in [0.5, 0.6) is 0 Å². The van der Waals surface area contributed by atoms with E-state index in [0.717, 1.165) is 0 Å². The number of aromatic nitrogens is 4. The smallest absolute Gasteiger partial charge is 0.333 e. The van der Waals surface area contributed by atoms with Crippen LogP contribution >= 0.6 is 11.6 Å². The molecule has 3 heterocycles. The largest absolute Gasteiger partial charge is 0.448 e. The van der Waals surface area contributed by atoms with Crippen molar-refractivity contribution < 1.29 is 26.9 Å². The van der Waals surface area contributed by atoms with Crippen LogP contribution in [0.4, 0.5) is 5.82 Å². The van der Waals surface area contributed by atoms with Crippen LogP contribution in [-0.2, 0) is 21.0 Å². The molecule has 3 atom stereocenters. The number of anilines is 1. The van der Waals surface area contributed by atoms with E-state index in [0.29, 0.717) is 25.1 Å². The van der Waals surface area contributed by atoms with Crippen LogP contribution in [0.2, 0.25) is 5.22 Å². The molecule has 12 nitrogen and oxygen atoms in total. The van der Waals surface area contributed by atoms with E-state index >= 15 is 0 Å². The third-order valence-electron chi connectivity index (χ3n) is 5.22. The molecule has 0 radical (unpaired) electrons. The molecule has 1 saturated carbocycles. The third kappa shape index (κ3) is 5.94. The van der Waals surface area contributed by atoms with Crippen LogP contribution < -0.4 is 10.5 Å². The lowest BCUT2D eigenvalue weighted by Gasteiger charge is -2.15. The maximum atomic E-state index is 13.1. The number of nitrogens with zero attached hydrogens (tertiary/aromatic N) is 4. The summed E-state index contributed by atoms with van der Waals surface area (Å²) in [5, 5.41) is 22.8. The highest BCUT2D eigenvalue weighted by Crippen LogP contribution is 2.30. The van der Waals surface area contributed by atoms with E-state index in [4.69, 9.17) is 21.2 Å². The summed E-state index contributed by atoms with van der Waals surface area (Å²) in [6, 6.07) is 4.65. The normalized spacial score (nSPS) is 20.8. The maximum absolute atomic E-state index is 13.1. The predicted octanol–water partition coefficient (Wildman–Crippen LogP) is 0.970. The van der Waals surface area contributed by atoms with Crippen molar-refractivity contribution in [3.63, 3.8) is 0 Å². The van der Waals surface area contributed by atoms with Crippen molar-refractivity contribution in [2.45, 2.75) is 31.5 Å². The number of aliphatic hydroxyl groups excluding tert-OH is 1. The Morgan fingerprint density at radius 3 is 2.91 bits per heavy atom. The summed E-state index contributed by atoms with van der Waals surface area (Å²) in [6.07, 6.45) is 4.24. The average molecular weight is 497 g/mol. The third-order valence-corrected chi connectivity index (χ3v) is 5.89. The second-order valence-electron chi connectivity index (χ2n) is 7.64. The molecule has 1 aliphatic rings. The molecule has 3 aromatic heterocycles. The Balaban J connectivity index is 1.44. The zero-order valence-corrected chi connectivity index (χ0v) is 18.7. The molecule has 14 heteroatoms. The van der Waals surface area contributed by atoms with Crippen LogP contribution in [0.15, 0.2) is 41.3 Å². The van der Waals surface area contributed by atoms with Gasteiger partial charge in [-0.25, -0.2) is 15.1 Å². The molecule has 0 spiro atoms. The number of aliphatic hydroxyl groups is 1. The minimum absolute atomic E-state index is 0.191. The summed E-state index contributed by atoms with van der Waals surface area (Å²) < 4.78 is 33.5. The summed E-state index contributed by atoms with van der Waals surface area (Å²) in [7, 11) is -4.10. The quantitative estimate of drug-likeness (QED) is 0.362. The van der Waals surface area contributed by atoms with Gasteiger partial charge >= 0.3 is 10.3 Å². The van der Waals surface area contributed by atoms with Crippen LogP contribution in [-0.4, -0.2) is 57.8 Å². The molecule has 33 heavy (non-hydrogen) atoms. The van der Waals surface area contributed by atoms with Gasteiger partial charge in [0.25, 0.3) is 0 Å². The van der Waals surface area contributed by atoms with Crippen molar-refractivity contribution in [3.05, 3.63) is 59.2 Å². The van der Waals surface area contributed by atoms with Gasteiger partial charge in [0.2, 0.25) is 5.78 Å². The van der Waals surface area contributed by atoms with Gasteiger partial charge in [0.05, 0.1) is 24.8 Å². The summed E-state index contributed by atoms with van der Waals surface area (Å²) in [5.74, 6) is 0.0513. The Kier molecular flexibility index (Phi) is 6.76. The first-order valence-corrected chi connectivity index (χ1v) is 11.8. The number of nitrogens with two attached hydrogens (primary N) is 1. The molecule has 176 valence electrons. The van der Waals surface area contributed by atoms with Gasteiger partial charge in [0.1, 0.15) is 23.6 Å². The van der Waals surface area contributed by atoms with Gasteiger partial charge < -0.3 is 14.8 Å². The molecule has 0 saturated heterocycles. The zero-order chi connectivity index (χ0) is 23.6. The lowest BCUT2D eigenvalue weighted by Crippen LogP contribution is -2.24. The number of hydrogen-bond donors (Lipinski definition) is 3. The molecule has 1 unspecified atom stereocenters. The summed E-state index contributed by atoms with van der Waals surface area (Å²) >= 11 is 5.78. The predicted molar refractivity (Wildman–Crippen MR) is 116 cm³/mol. The van der Waals surface area contributed by atoms with E-state index < -0.39 is 22.3 Å². The molecule has 3 aromatic rings. The SMILES string of the molecule is NS(=O)(=O)OCC1C[C@@H](Nc2ncncc2C(=O)c2ccn(Cc3ccc(Cl)o3)n2)C[C@@H]1O. The first-order valence-electron chi connectivity index (χ1n) is 9.92. The standard InChI is InChI=1S/C19H21ClN6O6S/c20-17-2-1-13(32-17)8-26-4-3-15(25-26)18(28)14-7-22-10-23-19(14)24-12-5-11(16(27)6-12)9-31-33(21,29)30/h1-4,7,10-12,16,27H,5-6,8-9H2,(H2,21,29,30)(H,22,23,24)/t11?,12-,16+/m1/s1. The molecule has 0 bridgehead atoms. The van der Waals surface area contributed by atoms with E-state index in [2.05, 4.69) is 24.6 Å². The Morgan fingerprint density at radius 1 is 1.36 bits per heavy atom. The average Bonchev–Trinajstić information content (AvgIpc) is 3.47. The molecule has 4 N–H and O–H groups in total. The highest BCUT2D eigenvalue weighted by molar-refractivity contribution is 7.84. The molecular formula is C19H21ClN6O6S. The van der Waals surface area contributed by atoms with E-state index in [-0.39, 0.29) is 40.7 Å². The zero-order valence-electron chi connectivity index (χ0n) is 17.2. The van der Waals surface area contributed by atoms with E-state index in [1.165, 1.54) is 12.5 Å². The van der Waals surface area contributed by atoms with Gasteiger partial charge in [0.15, 0.2) is 5.22 Å². The van der Waals surface area contributed by atoms with Crippen LogP contribution in [0.25, 0.3) is 0 Å². The second kappa shape index (κ2) is 9.57. The number of rotatable bonds is 9. The van der Waals surface area contributed by atoms with Gasteiger partial charge in [0, 0.05) is 24.4 Å². The Bertz CT molecular complexity index is 1240. The number of hydrogen-bond acceptors (Lipinski definition) is 10. The number of halogens is 1. The fourth-order valence-electron chi connectivity index (χ4n) is 3.69. The Hall–Kier alpha value is -2.84. The Labute approximate surface area is 194 Å². The maximum Gasteiger partial charge on any atom is 0.333 e.